The average Bonchev–Trinajstić information content (AvgIpc) is 3.22. The normalized spacial score (nSPS) is 21.1. The lowest BCUT2D eigenvalue weighted by Crippen LogP contribution is -2.64. The quantitative estimate of drug-likeness (QED) is 0.624. The Balaban J connectivity index is 1.66. The van der Waals surface area contributed by atoms with Crippen LogP contribution in [-0.4, -0.2) is 58.3 Å². The van der Waals surface area contributed by atoms with Gasteiger partial charge in [0.1, 0.15) is 12.6 Å². The van der Waals surface area contributed by atoms with E-state index in [1.54, 1.807) is 21.9 Å². The molecular weight excluding hydrogens is 418 g/mol. The highest BCUT2D eigenvalue weighted by Crippen LogP contribution is 2.42. The van der Waals surface area contributed by atoms with Crippen LogP contribution in [0.4, 0.5) is 0 Å². The number of piperazine rings is 1. The first-order chi connectivity index (χ1) is 15.9. The van der Waals surface area contributed by atoms with E-state index < -0.39 is 18.1 Å². The number of aromatic nitrogens is 1. The molecule has 1 fully saturated rings. The van der Waals surface area contributed by atoms with Crippen LogP contribution >= 0.6 is 0 Å². The van der Waals surface area contributed by atoms with E-state index in [1.165, 1.54) is 7.11 Å². The first-order valence-electron chi connectivity index (χ1n) is 11.3. The highest BCUT2D eigenvalue weighted by atomic mass is 16.5. The Morgan fingerprint density at radius 2 is 1.88 bits per heavy atom. The summed E-state index contributed by atoms with van der Waals surface area (Å²) in [6.07, 6.45) is 1.27. The van der Waals surface area contributed by atoms with E-state index in [4.69, 9.17) is 4.74 Å². The van der Waals surface area contributed by atoms with Crippen LogP contribution in [0.3, 0.4) is 0 Å². The molecule has 3 heterocycles. The largest absolute Gasteiger partial charge is 0.465 e. The van der Waals surface area contributed by atoms with Gasteiger partial charge >= 0.3 is 5.97 Å². The molecule has 2 aliphatic heterocycles. The minimum absolute atomic E-state index is 0.00365. The highest BCUT2D eigenvalue weighted by molar-refractivity contribution is 5.98. The number of esters is 1. The van der Waals surface area contributed by atoms with Gasteiger partial charge < -0.3 is 19.5 Å². The van der Waals surface area contributed by atoms with Crippen molar-refractivity contribution in [3.05, 3.63) is 70.9 Å². The molecule has 2 amide bonds. The van der Waals surface area contributed by atoms with Gasteiger partial charge in [0.2, 0.25) is 11.8 Å². The van der Waals surface area contributed by atoms with Gasteiger partial charge in [-0.3, -0.25) is 9.59 Å². The molecule has 1 saturated heterocycles. The number of aromatic amines is 1. The summed E-state index contributed by atoms with van der Waals surface area (Å²) < 4.78 is 4.82. The number of hydrogen-bond acceptors (Lipinski definition) is 4. The summed E-state index contributed by atoms with van der Waals surface area (Å²) in [7, 11) is 1.35. The number of nitrogens with zero attached hydrogens (tertiary/aromatic N) is 2. The molecule has 0 spiro atoms. The molecule has 3 unspecified atom stereocenters. The van der Waals surface area contributed by atoms with Crippen molar-refractivity contribution in [2.75, 3.05) is 13.7 Å². The zero-order chi connectivity index (χ0) is 23.3. The van der Waals surface area contributed by atoms with Gasteiger partial charge in [-0.1, -0.05) is 37.3 Å². The third-order valence-corrected chi connectivity index (χ3v) is 7.06. The molecule has 3 atom stereocenters. The predicted molar refractivity (Wildman–Crippen MR) is 124 cm³/mol. The van der Waals surface area contributed by atoms with Gasteiger partial charge in [-0.25, -0.2) is 4.79 Å². The molecule has 0 radical (unpaired) electrons. The molecule has 5 rings (SSSR count). The van der Waals surface area contributed by atoms with Crippen molar-refractivity contribution in [2.24, 2.45) is 0 Å². The number of H-pyrrole nitrogens is 1. The van der Waals surface area contributed by atoms with Gasteiger partial charge in [-0.05, 0) is 42.7 Å². The highest BCUT2D eigenvalue weighted by Gasteiger charge is 2.48. The summed E-state index contributed by atoms with van der Waals surface area (Å²) in [5.41, 5.74) is 4.27. The molecule has 2 aromatic carbocycles. The molecule has 1 aromatic heterocycles. The standard InChI is InChI=1S/C26H27N3O4/c1-4-15(2)28-14-22(30)29-21(25(28)31)13-19-18-7-5-6-8-20(18)27-23(19)24(29)16-9-11-17(12-10-16)26(32)33-3/h5-12,15,21,24,27H,4,13-14H2,1-3H3. The minimum Gasteiger partial charge on any atom is -0.465 e. The lowest BCUT2D eigenvalue weighted by Gasteiger charge is -2.48. The summed E-state index contributed by atoms with van der Waals surface area (Å²) in [6.45, 7) is 4.10. The SMILES string of the molecule is CCC(C)N1CC(=O)N2C(Cc3c([nH]c4ccccc34)C2c2ccc(C(=O)OC)cc2)C1=O. The Morgan fingerprint density at radius 3 is 2.58 bits per heavy atom. The Labute approximate surface area is 192 Å². The lowest BCUT2D eigenvalue weighted by atomic mass is 9.85. The number of benzene rings is 2. The summed E-state index contributed by atoms with van der Waals surface area (Å²) in [5, 5.41) is 1.07. The van der Waals surface area contributed by atoms with E-state index in [0.717, 1.165) is 34.1 Å². The summed E-state index contributed by atoms with van der Waals surface area (Å²) in [4.78, 5) is 46.0. The Hall–Kier alpha value is -3.61. The van der Waals surface area contributed by atoms with Crippen molar-refractivity contribution in [1.82, 2.24) is 14.8 Å². The topological polar surface area (TPSA) is 82.7 Å². The molecule has 7 heteroatoms. The maximum Gasteiger partial charge on any atom is 0.337 e. The second kappa shape index (κ2) is 8.06. The molecular formula is C26H27N3O4. The van der Waals surface area contributed by atoms with E-state index >= 15 is 0 Å². The third-order valence-electron chi connectivity index (χ3n) is 7.06. The van der Waals surface area contributed by atoms with Crippen LogP contribution < -0.4 is 0 Å². The van der Waals surface area contributed by atoms with Crippen molar-refractivity contribution in [3.8, 4) is 0 Å². The van der Waals surface area contributed by atoms with Gasteiger partial charge in [0, 0.05) is 29.1 Å². The van der Waals surface area contributed by atoms with Crippen LogP contribution in [0.5, 0.6) is 0 Å². The van der Waals surface area contributed by atoms with E-state index in [1.807, 2.05) is 44.2 Å². The van der Waals surface area contributed by atoms with Crippen LogP contribution in [-0.2, 0) is 20.7 Å². The number of nitrogens with one attached hydrogen (secondary N) is 1. The number of carbonyl (C=O) groups is 3. The zero-order valence-electron chi connectivity index (χ0n) is 19.0. The fourth-order valence-corrected chi connectivity index (χ4v) is 5.15. The van der Waals surface area contributed by atoms with Gasteiger partial charge in [0.15, 0.2) is 0 Å². The van der Waals surface area contributed by atoms with Crippen molar-refractivity contribution < 1.29 is 19.1 Å². The zero-order valence-corrected chi connectivity index (χ0v) is 19.0. The fraction of sp³-hybridized carbons (Fsp3) is 0.346. The first-order valence-corrected chi connectivity index (χ1v) is 11.3. The molecule has 3 aromatic rings. The van der Waals surface area contributed by atoms with Crippen molar-refractivity contribution >= 4 is 28.7 Å². The molecule has 1 N–H and O–H groups in total. The molecule has 0 bridgehead atoms. The number of ether oxygens (including phenoxy) is 1. The number of rotatable bonds is 4. The second-order valence-corrected chi connectivity index (χ2v) is 8.82. The first kappa shape index (κ1) is 21.2. The Morgan fingerprint density at radius 1 is 1.15 bits per heavy atom. The number of methoxy groups -OCH3 is 1. The minimum atomic E-state index is -0.558. The maximum atomic E-state index is 13.6. The smallest absolute Gasteiger partial charge is 0.337 e. The molecule has 2 aliphatic rings. The molecule has 0 saturated carbocycles. The van der Waals surface area contributed by atoms with Crippen LogP contribution in [0.15, 0.2) is 48.5 Å². The van der Waals surface area contributed by atoms with Gasteiger partial charge in [-0.2, -0.15) is 0 Å². The number of hydrogen-bond donors (Lipinski definition) is 1. The van der Waals surface area contributed by atoms with Crippen molar-refractivity contribution in [2.45, 2.75) is 44.8 Å². The van der Waals surface area contributed by atoms with E-state index in [2.05, 4.69) is 11.1 Å². The lowest BCUT2D eigenvalue weighted by molar-refractivity contribution is -0.160. The number of fused-ring (bicyclic) bond motifs is 4. The van der Waals surface area contributed by atoms with E-state index in [0.29, 0.717) is 12.0 Å². The molecule has 170 valence electrons. The molecule has 0 aliphatic carbocycles. The summed E-state index contributed by atoms with van der Waals surface area (Å²) in [5.74, 6) is -0.481. The van der Waals surface area contributed by atoms with Crippen LogP contribution in [0, 0.1) is 0 Å². The van der Waals surface area contributed by atoms with E-state index in [-0.39, 0.29) is 24.4 Å². The summed E-state index contributed by atoms with van der Waals surface area (Å²) >= 11 is 0. The van der Waals surface area contributed by atoms with Gasteiger partial charge in [-0.15, -0.1) is 0 Å². The number of para-hydroxylation sites is 1. The monoisotopic (exact) mass is 445 g/mol. The van der Waals surface area contributed by atoms with Gasteiger partial charge in [0.25, 0.3) is 0 Å². The Bertz CT molecular complexity index is 1250. The second-order valence-electron chi connectivity index (χ2n) is 8.82. The molecule has 7 nitrogen and oxygen atoms in total. The summed E-state index contributed by atoms with van der Waals surface area (Å²) in [6, 6.07) is 14.1. The Kier molecular flexibility index (Phi) is 5.19. The number of carbonyl (C=O) groups excluding carboxylic acids is 3. The molecule has 33 heavy (non-hydrogen) atoms. The van der Waals surface area contributed by atoms with Gasteiger partial charge in [0.05, 0.1) is 18.7 Å². The maximum absolute atomic E-state index is 13.6. The van der Waals surface area contributed by atoms with Crippen molar-refractivity contribution in [1.29, 1.82) is 0 Å². The average molecular weight is 446 g/mol. The van der Waals surface area contributed by atoms with Crippen LogP contribution in [0.1, 0.15) is 53.5 Å². The van der Waals surface area contributed by atoms with Crippen molar-refractivity contribution in [3.63, 3.8) is 0 Å². The predicted octanol–water partition coefficient (Wildman–Crippen LogP) is 3.44. The number of amides is 2. The fourth-order valence-electron chi connectivity index (χ4n) is 5.15. The third kappa shape index (κ3) is 3.30. The van der Waals surface area contributed by atoms with Crippen LogP contribution in [0.2, 0.25) is 0 Å². The van der Waals surface area contributed by atoms with Crippen LogP contribution in [0.25, 0.3) is 10.9 Å². The van der Waals surface area contributed by atoms with E-state index in [9.17, 15) is 14.4 Å².